The van der Waals surface area contributed by atoms with E-state index in [-0.39, 0.29) is 11.9 Å². The van der Waals surface area contributed by atoms with Crippen molar-refractivity contribution in [3.05, 3.63) is 30.0 Å². The molecule has 1 atom stereocenters. The van der Waals surface area contributed by atoms with Gasteiger partial charge in [-0.05, 0) is 19.2 Å². The van der Waals surface area contributed by atoms with Crippen molar-refractivity contribution in [2.45, 2.75) is 6.04 Å². The summed E-state index contributed by atoms with van der Waals surface area (Å²) in [4.78, 5) is 16.8. The lowest BCUT2D eigenvalue weighted by molar-refractivity contribution is 0.0516. The van der Waals surface area contributed by atoms with Gasteiger partial charge in [0.15, 0.2) is 0 Å². The fourth-order valence-electron chi connectivity index (χ4n) is 2.72. The number of fused-ring (bicyclic) bond motifs is 1. The lowest BCUT2D eigenvalue weighted by Gasteiger charge is -2.39. The van der Waals surface area contributed by atoms with Gasteiger partial charge in [-0.3, -0.25) is 9.89 Å². The van der Waals surface area contributed by atoms with Crippen molar-refractivity contribution >= 4 is 16.8 Å². The zero-order valence-corrected chi connectivity index (χ0v) is 11.5. The molecule has 6 nitrogen and oxygen atoms in total. The number of nitrogens with zero attached hydrogens (tertiary/aromatic N) is 3. The summed E-state index contributed by atoms with van der Waals surface area (Å²) in [7, 11) is 2.06. The first-order valence-corrected chi connectivity index (χ1v) is 6.82. The van der Waals surface area contributed by atoms with Crippen LogP contribution in [0.25, 0.3) is 10.9 Å². The van der Waals surface area contributed by atoms with E-state index in [1.54, 1.807) is 6.20 Å². The van der Waals surface area contributed by atoms with Gasteiger partial charge in [-0.25, -0.2) is 0 Å². The minimum absolute atomic E-state index is 0.0463. The second-order valence-electron chi connectivity index (χ2n) is 5.32. The van der Waals surface area contributed by atoms with E-state index in [1.807, 2.05) is 23.1 Å². The second kappa shape index (κ2) is 5.22. The van der Waals surface area contributed by atoms with E-state index in [0.29, 0.717) is 12.1 Å². The molecule has 3 N–H and O–H groups in total. The van der Waals surface area contributed by atoms with Gasteiger partial charge >= 0.3 is 0 Å². The molecule has 2 aromatic rings. The number of nitrogens with one attached hydrogen (secondary N) is 1. The minimum Gasteiger partial charge on any atom is -0.332 e. The monoisotopic (exact) mass is 273 g/mol. The average molecular weight is 273 g/mol. The van der Waals surface area contributed by atoms with Crippen LogP contribution in [0.1, 0.15) is 10.4 Å². The number of aromatic amines is 1. The first-order chi connectivity index (χ1) is 9.69. The summed E-state index contributed by atoms with van der Waals surface area (Å²) >= 11 is 0. The number of hydrogen-bond donors (Lipinski definition) is 2. The smallest absolute Gasteiger partial charge is 0.254 e. The normalized spacial score (nSPS) is 20.5. The Balaban J connectivity index is 1.86. The Kier molecular flexibility index (Phi) is 3.42. The van der Waals surface area contributed by atoms with Crippen LogP contribution >= 0.6 is 0 Å². The highest BCUT2D eigenvalue weighted by molar-refractivity contribution is 5.98. The van der Waals surface area contributed by atoms with Crippen molar-refractivity contribution < 1.29 is 4.79 Å². The molecule has 1 aliphatic rings. The molecule has 2 heterocycles. The average Bonchev–Trinajstić information content (AvgIpc) is 2.93. The lowest BCUT2D eigenvalue weighted by Crippen LogP contribution is -2.56. The standard InChI is InChI=1S/C14H19N5O/c1-18-4-5-19(12(7-15)9-18)14(20)10-2-3-11-8-16-17-13(11)6-10/h2-3,6,8,12H,4-5,7,9,15H2,1H3,(H,16,17). The quantitative estimate of drug-likeness (QED) is 0.823. The zero-order chi connectivity index (χ0) is 14.1. The Morgan fingerprint density at radius 2 is 2.35 bits per heavy atom. The maximum absolute atomic E-state index is 12.7. The third kappa shape index (κ3) is 2.28. The first kappa shape index (κ1) is 13.1. The topological polar surface area (TPSA) is 78.2 Å². The molecule has 0 aliphatic carbocycles. The Morgan fingerprint density at radius 3 is 3.15 bits per heavy atom. The van der Waals surface area contributed by atoms with Gasteiger partial charge in [-0.15, -0.1) is 0 Å². The summed E-state index contributed by atoms with van der Waals surface area (Å²) in [6.07, 6.45) is 1.75. The van der Waals surface area contributed by atoms with Gasteiger partial charge in [0, 0.05) is 37.1 Å². The van der Waals surface area contributed by atoms with Gasteiger partial charge in [0.1, 0.15) is 0 Å². The lowest BCUT2D eigenvalue weighted by atomic mass is 10.1. The third-order valence-electron chi connectivity index (χ3n) is 3.91. The van der Waals surface area contributed by atoms with E-state index in [4.69, 9.17) is 5.73 Å². The molecule has 20 heavy (non-hydrogen) atoms. The molecule has 0 bridgehead atoms. The Labute approximate surface area is 117 Å². The number of nitrogens with two attached hydrogens (primary N) is 1. The Bertz CT molecular complexity index is 623. The van der Waals surface area contributed by atoms with E-state index < -0.39 is 0 Å². The molecule has 106 valence electrons. The molecule has 1 unspecified atom stereocenters. The Morgan fingerprint density at radius 1 is 1.50 bits per heavy atom. The number of rotatable bonds is 2. The number of aromatic nitrogens is 2. The number of carbonyl (C=O) groups excluding carboxylic acids is 1. The SMILES string of the molecule is CN1CCN(C(=O)c2ccc3cn[nH]c3c2)C(CN)C1. The van der Waals surface area contributed by atoms with Crippen molar-refractivity contribution in [2.24, 2.45) is 5.73 Å². The molecule has 6 heteroatoms. The second-order valence-corrected chi connectivity index (χ2v) is 5.32. The molecule has 3 rings (SSSR count). The van der Waals surface area contributed by atoms with Crippen LogP contribution < -0.4 is 5.73 Å². The van der Waals surface area contributed by atoms with E-state index in [0.717, 1.165) is 30.5 Å². The summed E-state index contributed by atoms with van der Waals surface area (Å²) in [5.41, 5.74) is 7.38. The van der Waals surface area contributed by atoms with Crippen LogP contribution in [-0.4, -0.2) is 65.2 Å². The van der Waals surface area contributed by atoms with Gasteiger partial charge in [-0.2, -0.15) is 5.10 Å². The number of piperazine rings is 1. The minimum atomic E-state index is 0.0463. The van der Waals surface area contributed by atoms with Crippen LogP contribution in [0.5, 0.6) is 0 Å². The van der Waals surface area contributed by atoms with E-state index in [9.17, 15) is 4.79 Å². The maximum Gasteiger partial charge on any atom is 0.254 e. The van der Waals surface area contributed by atoms with E-state index in [1.165, 1.54) is 0 Å². The number of H-pyrrole nitrogens is 1. The highest BCUT2D eigenvalue weighted by Gasteiger charge is 2.28. The summed E-state index contributed by atoms with van der Waals surface area (Å²) in [5, 5.41) is 7.88. The van der Waals surface area contributed by atoms with E-state index >= 15 is 0 Å². The number of likely N-dealkylation sites (N-methyl/N-ethyl adjacent to an activating group) is 1. The number of carbonyl (C=O) groups is 1. The fourth-order valence-corrected chi connectivity index (χ4v) is 2.72. The van der Waals surface area contributed by atoms with Crippen LogP contribution in [0.2, 0.25) is 0 Å². The maximum atomic E-state index is 12.7. The molecular formula is C14H19N5O. The molecule has 0 radical (unpaired) electrons. The summed E-state index contributed by atoms with van der Waals surface area (Å²) in [5.74, 6) is 0.0463. The number of hydrogen-bond acceptors (Lipinski definition) is 4. The summed E-state index contributed by atoms with van der Waals surface area (Å²) < 4.78 is 0. The van der Waals surface area contributed by atoms with Gasteiger partial charge in [0.05, 0.1) is 17.8 Å². The van der Waals surface area contributed by atoms with Crippen molar-refractivity contribution in [3.63, 3.8) is 0 Å². The number of benzene rings is 1. The van der Waals surface area contributed by atoms with Gasteiger partial charge in [0.2, 0.25) is 0 Å². The van der Waals surface area contributed by atoms with Crippen molar-refractivity contribution in [1.29, 1.82) is 0 Å². The molecule has 1 aromatic heterocycles. The largest absolute Gasteiger partial charge is 0.332 e. The molecule has 1 fully saturated rings. The molecule has 1 amide bonds. The van der Waals surface area contributed by atoms with Crippen molar-refractivity contribution in [1.82, 2.24) is 20.0 Å². The predicted molar refractivity (Wildman–Crippen MR) is 77.5 cm³/mol. The van der Waals surface area contributed by atoms with Crippen LogP contribution in [0.3, 0.4) is 0 Å². The van der Waals surface area contributed by atoms with Gasteiger partial charge in [0.25, 0.3) is 5.91 Å². The number of amides is 1. The van der Waals surface area contributed by atoms with E-state index in [2.05, 4.69) is 22.1 Å². The van der Waals surface area contributed by atoms with Gasteiger partial charge in [-0.1, -0.05) is 6.07 Å². The fraction of sp³-hybridized carbons (Fsp3) is 0.429. The highest BCUT2D eigenvalue weighted by Crippen LogP contribution is 2.17. The molecule has 1 aromatic carbocycles. The zero-order valence-electron chi connectivity index (χ0n) is 11.5. The predicted octanol–water partition coefficient (Wildman–Crippen LogP) is 0.278. The van der Waals surface area contributed by atoms with Crippen molar-refractivity contribution in [3.8, 4) is 0 Å². The van der Waals surface area contributed by atoms with Crippen LogP contribution in [0.4, 0.5) is 0 Å². The molecule has 1 saturated heterocycles. The van der Waals surface area contributed by atoms with Crippen molar-refractivity contribution in [2.75, 3.05) is 33.2 Å². The Hall–Kier alpha value is -1.92. The van der Waals surface area contributed by atoms with Crippen LogP contribution in [0.15, 0.2) is 24.4 Å². The third-order valence-corrected chi connectivity index (χ3v) is 3.91. The first-order valence-electron chi connectivity index (χ1n) is 6.82. The van der Waals surface area contributed by atoms with Crippen LogP contribution in [0, 0.1) is 0 Å². The molecule has 0 saturated carbocycles. The molecule has 0 spiro atoms. The summed E-state index contributed by atoms with van der Waals surface area (Å²) in [6.45, 7) is 2.92. The highest BCUT2D eigenvalue weighted by atomic mass is 16.2. The molecular weight excluding hydrogens is 254 g/mol. The van der Waals surface area contributed by atoms with Crippen LogP contribution in [-0.2, 0) is 0 Å². The summed E-state index contributed by atoms with van der Waals surface area (Å²) in [6, 6.07) is 5.71. The van der Waals surface area contributed by atoms with Gasteiger partial charge < -0.3 is 15.5 Å². The molecule has 1 aliphatic heterocycles.